The summed E-state index contributed by atoms with van der Waals surface area (Å²) in [5.41, 5.74) is 1.68. The first kappa shape index (κ1) is 18.2. The molecule has 1 aliphatic heterocycles. The third-order valence-electron chi connectivity index (χ3n) is 5.21. The van der Waals surface area contributed by atoms with Gasteiger partial charge in [0.1, 0.15) is 0 Å². The Labute approximate surface area is 162 Å². The van der Waals surface area contributed by atoms with Gasteiger partial charge in [-0.1, -0.05) is 12.1 Å². The molecule has 0 bridgehead atoms. The van der Waals surface area contributed by atoms with Crippen LogP contribution in [-0.4, -0.2) is 56.1 Å². The summed E-state index contributed by atoms with van der Waals surface area (Å²) in [5.74, 6) is 0.772. The largest absolute Gasteiger partial charge is 0.356 e. The highest BCUT2D eigenvalue weighted by Gasteiger charge is 2.25. The van der Waals surface area contributed by atoms with E-state index in [4.69, 9.17) is 0 Å². The van der Waals surface area contributed by atoms with Crippen LogP contribution in [0, 0.1) is 5.92 Å². The van der Waals surface area contributed by atoms with Crippen molar-refractivity contribution in [1.29, 1.82) is 0 Å². The number of piperidine rings is 1. The molecule has 3 heterocycles. The number of likely N-dealkylation sites (tertiary alicyclic amines) is 1. The number of hydrogen-bond donors (Lipinski definition) is 2. The van der Waals surface area contributed by atoms with Gasteiger partial charge < -0.3 is 15.2 Å². The normalized spacial score (nSPS) is 15.1. The van der Waals surface area contributed by atoms with Crippen LogP contribution in [0.3, 0.4) is 0 Å². The van der Waals surface area contributed by atoms with Gasteiger partial charge in [-0.15, -0.1) is 0 Å². The SMILES string of the molecule is O=C(CCn1cccn1)NCC1CCN(C(=O)c2nc3ccccc3[nH]2)CC1. The van der Waals surface area contributed by atoms with Gasteiger partial charge in [-0.05, 0) is 37.0 Å². The van der Waals surface area contributed by atoms with Crippen LogP contribution in [-0.2, 0) is 11.3 Å². The molecule has 0 saturated carbocycles. The number of carbonyl (C=O) groups is 2. The first-order chi connectivity index (χ1) is 13.7. The fraction of sp³-hybridized carbons (Fsp3) is 0.400. The third kappa shape index (κ3) is 4.21. The van der Waals surface area contributed by atoms with Crippen LogP contribution in [0.2, 0.25) is 0 Å². The smallest absolute Gasteiger partial charge is 0.289 e. The molecule has 4 rings (SSSR count). The summed E-state index contributed by atoms with van der Waals surface area (Å²) >= 11 is 0. The van der Waals surface area contributed by atoms with E-state index in [0.717, 1.165) is 23.9 Å². The molecule has 1 aromatic carbocycles. The Hall–Kier alpha value is -3.16. The van der Waals surface area contributed by atoms with Crippen LogP contribution in [0.1, 0.15) is 29.9 Å². The average Bonchev–Trinajstić information content (AvgIpc) is 3.40. The minimum atomic E-state index is -0.0575. The van der Waals surface area contributed by atoms with E-state index in [1.54, 1.807) is 10.9 Å². The van der Waals surface area contributed by atoms with Gasteiger partial charge in [-0.3, -0.25) is 14.3 Å². The fourth-order valence-corrected chi connectivity index (χ4v) is 3.54. The van der Waals surface area contributed by atoms with Crippen molar-refractivity contribution < 1.29 is 9.59 Å². The lowest BCUT2D eigenvalue weighted by molar-refractivity contribution is -0.121. The number of aryl methyl sites for hydroxylation is 1. The van der Waals surface area contributed by atoms with Gasteiger partial charge >= 0.3 is 0 Å². The highest BCUT2D eigenvalue weighted by molar-refractivity contribution is 5.94. The summed E-state index contributed by atoms with van der Waals surface area (Å²) in [7, 11) is 0. The van der Waals surface area contributed by atoms with E-state index in [0.29, 0.717) is 44.3 Å². The van der Waals surface area contributed by atoms with Gasteiger partial charge in [0.2, 0.25) is 5.91 Å². The monoisotopic (exact) mass is 380 g/mol. The Balaban J connectivity index is 1.21. The van der Waals surface area contributed by atoms with Gasteiger partial charge in [0.05, 0.1) is 11.0 Å². The lowest BCUT2D eigenvalue weighted by atomic mass is 9.96. The first-order valence-electron chi connectivity index (χ1n) is 9.67. The number of para-hydroxylation sites is 2. The summed E-state index contributed by atoms with van der Waals surface area (Å²) < 4.78 is 1.75. The number of aromatic nitrogens is 4. The number of H-pyrrole nitrogens is 1. The number of nitrogens with zero attached hydrogens (tertiary/aromatic N) is 4. The number of benzene rings is 1. The maximum atomic E-state index is 12.7. The quantitative estimate of drug-likeness (QED) is 0.682. The lowest BCUT2D eigenvalue weighted by Gasteiger charge is -2.31. The molecule has 0 radical (unpaired) electrons. The molecule has 8 nitrogen and oxygen atoms in total. The molecule has 2 N–H and O–H groups in total. The summed E-state index contributed by atoms with van der Waals surface area (Å²) in [6.45, 7) is 2.61. The highest BCUT2D eigenvalue weighted by Crippen LogP contribution is 2.19. The Kier molecular flexibility index (Phi) is 5.36. The lowest BCUT2D eigenvalue weighted by Crippen LogP contribution is -2.42. The Morgan fingerprint density at radius 3 is 2.75 bits per heavy atom. The van der Waals surface area contributed by atoms with Gasteiger partial charge in [0, 0.05) is 45.0 Å². The standard InChI is InChI=1S/C20H24N6O2/c27-18(8-13-26-10-3-9-22-26)21-14-15-6-11-25(12-7-15)20(28)19-23-16-4-1-2-5-17(16)24-19/h1-5,9-10,15H,6-8,11-14H2,(H,21,27)(H,23,24). The summed E-state index contributed by atoms with van der Waals surface area (Å²) in [4.78, 5) is 34.0. The van der Waals surface area contributed by atoms with Crippen molar-refractivity contribution in [1.82, 2.24) is 30.0 Å². The van der Waals surface area contributed by atoms with Gasteiger partial charge in [0.15, 0.2) is 5.82 Å². The Morgan fingerprint density at radius 1 is 1.18 bits per heavy atom. The molecule has 0 atom stereocenters. The van der Waals surface area contributed by atoms with E-state index in [1.807, 2.05) is 41.4 Å². The van der Waals surface area contributed by atoms with Crippen molar-refractivity contribution in [2.24, 2.45) is 5.92 Å². The first-order valence-corrected chi connectivity index (χ1v) is 9.67. The highest BCUT2D eigenvalue weighted by atomic mass is 16.2. The van der Waals surface area contributed by atoms with Crippen molar-refractivity contribution in [3.05, 3.63) is 48.5 Å². The molecule has 3 aromatic rings. The van der Waals surface area contributed by atoms with Crippen LogP contribution in [0.5, 0.6) is 0 Å². The molecule has 2 aromatic heterocycles. The number of fused-ring (bicyclic) bond motifs is 1. The zero-order valence-electron chi connectivity index (χ0n) is 15.7. The second kappa shape index (κ2) is 8.24. The van der Waals surface area contributed by atoms with E-state index in [2.05, 4.69) is 20.4 Å². The molecule has 1 saturated heterocycles. The second-order valence-electron chi connectivity index (χ2n) is 7.16. The maximum Gasteiger partial charge on any atom is 0.289 e. The zero-order chi connectivity index (χ0) is 19.3. The average molecular weight is 380 g/mol. The van der Waals surface area contributed by atoms with E-state index in [1.165, 1.54) is 0 Å². The van der Waals surface area contributed by atoms with Crippen molar-refractivity contribution in [3.63, 3.8) is 0 Å². The Morgan fingerprint density at radius 2 is 2.00 bits per heavy atom. The summed E-state index contributed by atoms with van der Waals surface area (Å²) in [6, 6.07) is 9.48. The van der Waals surface area contributed by atoms with E-state index in [-0.39, 0.29) is 11.8 Å². The molecular weight excluding hydrogens is 356 g/mol. The number of amides is 2. The van der Waals surface area contributed by atoms with E-state index < -0.39 is 0 Å². The molecule has 8 heteroatoms. The van der Waals surface area contributed by atoms with E-state index >= 15 is 0 Å². The van der Waals surface area contributed by atoms with Gasteiger partial charge in [-0.2, -0.15) is 5.10 Å². The molecule has 0 aliphatic carbocycles. The Bertz CT molecular complexity index is 908. The molecule has 1 aliphatic rings. The number of imidazole rings is 1. The molecule has 28 heavy (non-hydrogen) atoms. The number of rotatable bonds is 6. The number of carbonyl (C=O) groups excluding carboxylic acids is 2. The minimum absolute atomic E-state index is 0.0382. The molecule has 0 unspecified atom stereocenters. The van der Waals surface area contributed by atoms with Crippen LogP contribution >= 0.6 is 0 Å². The maximum absolute atomic E-state index is 12.7. The number of aromatic amines is 1. The number of nitrogens with one attached hydrogen (secondary N) is 2. The van der Waals surface area contributed by atoms with Crippen LogP contribution in [0.25, 0.3) is 11.0 Å². The molecule has 146 valence electrons. The minimum Gasteiger partial charge on any atom is -0.356 e. The summed E-state index contributed by atoms with van der Waals surface area (Å²) in [5, 5.41) is 7.10. The van der Waals surface area contributed by atoms with Crippen molar-refractivity contribution in [3.8, 4) is 0 Å². The molecule has 2 amide bonds. The third-order valence-corrected chi connectivity index (χ3v) is 5.21. The van der Waals surface area contributed by atoms with Gasteiger partial charge in [0.25, 0.3) is 5.91 Å². The number of hydrogen-bond acceptors (Lipinski definition) is 4. The van der Waals surface area contributed by atoms with E-state index in [9.17, 15) is 9.59 Å². The van der Waals surface area contributed by atoms with Gasteiger partial charge in [-0.25, -0.2) is 4.98 Å². The molecule has 0 spiro atoms. The molecule has 1 fully saturated rings. The predicted octanol–water partition coefficient (Wildman–Crippen LogP) is 1.82. The molecular formula is C20H24N6O2. The predicted molar refractivity (Wildman–Crippen MR) is 105 cm³/mol. The van der Waals surface area contributed by atoms with Crippen LogP contribution in [0.4, 0.5) is 0 Å². The van der Waals surface area contributed by atoms with Crippen LogP contribution < -0.4 is 5.32 Å². The van der Waals surface area contributed by atoms with Crippen molar-refractivity contribution >= 4 is 22.8 Å². The fourth-order valence-electron chi connectivity index (χ4n) is 3.54. The summed E-state index contributed by atoms with van der Waals surface area (Å²) in [6.07, 6.45) is 5.74. The second-order valence-corrected chi connectivity index (χ2v) is 7.16. The van der Waals surface area contributed by atoms with Crippen LogP contribution in [0.15, 0.2) is 42.7 Å². The zero-order valence-corrected chi connectivity index (χ0v) is 15.7. The van der Waals surface area contributed by atoms with Crippen molar-refractivity contribution in [2.45, 2.75) is 25.8 Å². The topological polar surface area (TPSA) is 95.9 Å². The van der Waals surface area contributed by atoms with Crippen molar-refractivity contribution in [2.75, 3.05) is 19.6 Å².